The highest BCUT2D eigenvalue weighted by Crippen LogP contribution is 2.27. The highest BCUT2D eigenvalue weighted by atomic mass is 16.5. The van der Waals surface area contributed by atoms with Gasteiger partial charge in [-0.25, -0.2) is 0 Å². The zero-order chi connectivity index (χ0) is 22.5. The normalized spacial score (nSPS) is 22.8. The number of likely N-dealkylation sites (tertiary alicyclic amines) is 1. The van der Waals surface area contributed by atoms with Crippen LogP contribution < -0.4 is 4.74 Å². The Labute approximate surface area is 189 Å². The standard InChI is InChI=1S/C25H32N4O3/c1-27-21-11-7-17-29(24(30)14-13-20-15-16-26-28(20)2)22(21)10-5-3-8-19-9-4-6-12-23(19)32-18-25(27)31/h3-6,9,12,15-16,21-22H,7-8,10-11,13-14,17-18H2,1-2H3/b5-3+/t21-,22-/m1/s1. The second kappa shape index (κ2) is 10.0. The number of ether oxygens (including phenoxy) is 1. The Kier molecular flexibility index (Phi) is 6.93. The number of allylic oxidation sites excluding steroid dienone is 1. The lowest BCUT2D eigenvalue weighted by atomic mass is 9.91. The molecule has 0 aliphatic carbocycles. The van der Waals surface area contributed by atoms with Crippen LogP contribution in [0.25, 0.3) is 0 Å². The number of fused-ring (bicyclic) bond motifs is 2. The highest BCUT2D eigenvalue weighted by Gasteiger charge is 2.37. The van der Waals surface area contributed by atoms with Crippen LogP contribution in [0.15, 0.2) is 48.7 Å². The lowest BCUT2D eigenvalue weighted by Crippen LogP contribution is -2.57. The van der Waals surface area contributed by atoms with Crippen molar-refractivity contribution in [2.75, 3.05) is 20.2 Å². The quantitative estimate of drug-likeness (QED) is 0.694. The second-order valence-electron chi connectivity index (χ2n) is 8.62. The molecule has 1 fully saturated rings. The van der Waals surface area contributed by atoms with Gasteiger partial charge in [0.1, 0.15) is 5.75 Å². The number of amides is 2. The minimum Gasteiger partial charge on any atom is -0.483 e. The van der Waals surface area contributed by atoms with Crippen molar-refractivity contribution < 1.29 is 14.3 Å². The molecule has 0 unspecified atom stereocenters. The minimum absolute atomic E-state index is 0.00881. The molecule has 1 aromatic carbocycles. The van der Waals surface area contributed by atoms with Crippen molar-refractivity contribution in [3.8, 4) is 5.75 Å². The molecule has 0 saturated carbocycles. The van der Waals surface area contributed by atoms with E-state index >= 15 is 0 Å². The Morgan fingerprint density at radius 2 is 2.00 bits per heavy atom. The third kappa shape index (κ3) is 4.87. The molecule has 32 heavy (non-hydrogen) atoms. The number of carbonyl (C=O) groups is 2. The molecular formula is C25H32N4O3. The number of carbonyl (C=O) groups excluding carboxylic acids is 2. The molecule has 0 radical (unpaired) electrons. The lowest BCUT2D eigenvalue weighted by Gasteiger charge is -2.45. The molecule has 7 nitrogen and oxygen atoms in total. The van der Waals surface area contributed by atoms with Crippen LogP contribution in [0.1, 0.15) is 36.9 Å². The summed E-state index contributed by atoms with van der Waals surface area (Å²) in [6.07, 6.45) is 10.4. The van der Waals surface area contributed by atoms with E-state index in [1.807, 2.05) is 54.0 Å². The summed E-state index contributed by atoms with van der Waals surface area (Å²) in [6, 6.07) is 9.76. The molecule has 1 aromatic heterocycles. The molecule has 2 atom stereocenters. The topological polar surface area (TPSA) is 67.7 Å². The highest BCUT2D eigenvalue weighted by molar-refractivity contribution is 5.79. The van der Waals surface area contributed by atoms with Gasteiger partial charge in [-0.2, -0.15) is 5.10 Å². The van der Waals surface area contributed by atoms with Crippen LogP contribution in [0.4, 0.5) is 0 Å². The van der Waals surface area contributed by atoms with Gasteiger partial charge in [0.15, 0.2) is 6.61 Å². The van der Waals surface area contributed by atoms with Crippen LogP contribution in [0.3, 0.4) is 0 Å². The first-order chi connectivity index (χ1) is 15.5. The number of likely N-dealkylation sites (N-methyl/N-ethyl adjacent to an activating group) is 1. The summed E-state index contributed by atoms with van der Waals surface area (Å²) in [5.41, 5.74) is 2.11. The second-order valence-corrected chi connectivity index (χ2v) is 8.62. The van der Waals surface area contributed by atoms with Crippen molar-refractivity contribution in [2.24, 2.45) is 7.05 Å². The van der Waals surface area contributed by atoms with Gasteiger partial charge in [-0.05, 0) is 49.8 Å². The molecule has 0 spiro atoms. The van der Waals surface area contributed by atoms with Crippen molar-refractivity contribution >= 4 is 11.8 Å². The molecule has 7 heteroatoms. The van der Waals surface area contributed by atoms with Gasteiger partial charge in [0, 0.05) is 39.0 Å². The van der Waals surface area contributed by atoms with E-state index in [0.717, 1.165) is 49.2 Å². The number of hydrogen-bond acceptors (Lipinski definition) is 4. The summed E-state index contributed by atoms with van der Waals surface area (Å²) in [6.45, 7) is 0.746. The van der Waals surface area contributed by atoms with Gasteiger partial charge >= 0.3 is 0 Å². The van der Waals surface area contributed by atoms with Crippen molar-refractivity contribution in [2.45, 2.75) is 50.6 Å². The smallest absolute Gasteiger partial charge is 0.260 e. The average molecular weight is 437 g/mol. The van der Waals surface area contributed by atoms with Gasteiger partial charge < -0.3 is 14.5 Å². The zero-order valence-corrected chi connectivity index (χ0v) is 18.9. The van der Waals surface area contributed by atoms with E-state index in [9.17, 15) is 9.59 Å². The van der Waals surface area contributed by atoms with E-state index in [2.05, 4.69) is 17.3 Å². The molecule has 4 rings (SSSR count). The number of hydrogen-bond donors (Lipinski definition) is 0. The number of aromatic nitrogens is 2. The van der Waals surface area contributed by atoms with Crippen LogP contribution in [0.5, 0.6) is 5.75 Å². The summed E-state index contributed by atoms with van der Waals surface area (Å²) < 4.78 is 7.69. The van der Waals surface area contributed by atoms with Crippen molar-refractivity contribution in [1.82, 2.24) is 19.6 Å². The molecule has 170 valence electrons. The van der Waals surface area contributed by atoms with Gasteiger partial charge in [0.25, 0.3) is 5.91 Å². The number of piperidine rings is 1. The fourth-order valence-electron chi connectivity index (χ4n) is 4.79. The number of aryl methyl sites for hydroxylation is 2. The summed E-state index contributed by atoms with van der Waals surface area (Å²) in [4.78, 5) is 30.0. The largest absolute Gasteiger partial charge is 0.483 e. The SMILES string of the molecule is CN1C(=O)COc2ccccc2C/C=C/C[C@@H]2[C@H]1CCCN2C(=O)CCc1ccnn1C. The number of benzene rings is 1. The molecule has 2 aliphatic heterocycles. The van der Waals surface area contributed by atoms with Crippen LogP contribution >= 0.6 is 0 Å². The Hall–Kier alpha value is -3.09. The van der Waals surface area contributed by atoms with E-state index in [1.165, 1.54) is 0 Å². The third-order valence-corrected chi connectivity index (χ3v) is 6.68. The van der Waals surface area contributed by atoms with Gasteiger partial charge in [0.2, 0.25) is 5.91 Å². The van der Waals surface area contributed by atoms with Crippen molar-refractivity contribution in [1.29, 1.82) is 0 Å². The van der Waals surface area contributed by atoms with E-state index in [1.54, 1.807) is 11.1 Å². The van der Waals surface area contributed by atoms with Crippen molar-refractivity contribution in [3.63, 3.8) is 0 Å². The maximum atomic E-state index is 13.2. The predicted octanol–water partition coefficient (Wildman–Crippen LogP) is 2.75. The maximum Gasteiger partial charge on any atom is 0.260 e. The first-order valence-electron chi connectivity index (χ1n) is 11.4. The predicted molar refractivity (Wildman–Crippen MR) is 122 cm³/mol. The Morgan fingerprint density at radius 1 is 1.16 bits per heavy atom. The van der Waals surface area contributed by atoms with Gasteiger partial charge in [-0.15, -0.1) is 0 Å². The first kappa shape index (κ1) is 22.1. The van der Waals surface area contributed by atoms with Crippen LogP contribution in [-0.2, 0) is 29.5 Å². The fourth-order valence-corrected chi connectivity index (χ4v) is 4.79. The molecule has 2 amide bonds. The molecule has 2 aliphatic rings. The molecule has 0 bridgehead atoms. The number of rotatable bonds is 3. The van der Waals surface area contributed by atoms with Crippen molar-refractivity contribution in [3.05, 3.63) is 59.9 Å². The Bertz CT molecular complexity index is 983. The average Bonchev–Trinajstić information content (AvgIpc) is 3.22. The molecule has 2 aromatic rings. The van der Waals surface area contributed by atoms with Gasteiger partial charge in [0.05, 0.1) is 12.1 Å². The lowest BCUT2D eigenvalue weighted by molar-refractivity contribution is -0.143. The van der Waals surface area contributed by atoms with Gasteiger partial charge in [-0.3, -0.25) is 14.3 Å². The summed E-state index contributed by atoms with van der Waals surface area (Å²) in [5, 5.41) is 4.19. The number of nitrogens with zero attached hydrogens (tertiary/aromatic N) is 4. The summed E-state index contributed by atoms with van der Waals surface area (Å²) in [5.74, 6) is 0.846. The maximum absolute atomic E-state index is 13.2. The Morgan fingerprint density at radius 3 is 2.81 bits per heavy atom. The van der Waals surface area contributed by atoms with E-state index in [4.69, 9.17) is 4.74 Å². The van der Waals surface area contributed by atoms with Crippen LogP contribution in [0, 0.1) is 0 Å². The third-order valence-electron chi connectivity index (χ3n) is 6.68. The van der Waals surface area contributed by atoms with Crippen LogP contribution in [0.2, 0.25) is 0 Å². The summed E-state index contributed by atoms with van der Waals surface area (Å²) in [7, 11) is 3.74. The zero-order valence-electron chi connectivity index (χ0n) is 18.9. The molecule has 0 N–H and O–H groups in total. The minimum atomic E-state index is -0.0523. The van der Waals surface area contributed by atoms with E-state index < -0.39 is 0 Å². The molecule has 1 saturated heterocycles. The Balaban J connectivity index is 1.53. The summed E-state index contributed by atoms with van der Waals surface area (Å²) >= 11 is 0. The van der Waals surface area contributed by atoms with Gasteiger partial charge in [-0.1, -0.05) is 30.4 Å². The molecule has 3 heterocycles. The monoisotopic (exact) mass is 436 g/mol. The number of para-hydroxylation sites is 1. The van der Waals surface area contributed by atoms with E-state index in [-0.39, 0.29) is 30.5 Å². The first-order valence-corrected chi connectivity index (χ1v) is 11.4. The van der Waals surface area contributed by atoms with E-state index in [0.29, 0.717) is 12.8 Å². The fraction of sp³-hybridized carbons (Fsp3) is 0.480. The molecular weight excluding hydrogens is 404 g/mol. The van der Waals surface area contributed by atoms with Crippen LogP contribution in [-0.4, -0.2) is 63.7 Å².